The van der Waals surface area contributed by atoms with Crippen LogP contribution in [0.5, 0.6) is 0 Å². The van der Waals surface area contributed by atoms with E-state index in [2.05, 4.69) is 37.8 Å². The molecule has 0 unspecified atom stereocenters. The van der Waals surface area contributed by atoms with Crippen LogP contribution in [0.25, 0.3) is 0 Å². The average molecular weight is 261 g/mol. The predicted octanol–water partition coefficient (Wildman–Crippen LogP) is 3.44. The van der Waals surface area contributed by atoms with E-state index in [0.29, 0.717) is 5.41 Å². The number of aliphatic hydroxyl groups excluding tert-OH is 1. The van der Waals surface area contributed by atoms with Crippen molar-refractivity contribution in [2.24, 2.45) is 11.3 Å². The van der Waals surface area contributed by atoms with Gasteiger partial charge in [-0.3, -0.25) is 4.90 Å². The maximum Gasteiger partial charge on any atom is 0.0681 e. The molecule has 0 amide bonds. The fourth-order valence-electron chi connectivity index (χ4n) is 2.97. The minimum atomic E-state index is 0.136. The van der Waals surface area contributed by atoms with Crippen molar-refractivity contribution in [2.45, 2.75) is 46.8 Å². The zero-order chi connectivity index (χ0) is 13.9. The Kier molecular flexibility index (Phi) is 4.64. The van der Waals surface area contributed by atoms with Crippen LogP contribution in [0.4, 0.5) is 0 Å². The third-order valence-electron chi connectivity index (χ3n) is 4.42. The van der Waals surface area contributed by atoms with Crippen molar-refractivity contribution in [1.82, 2.24) is 4.90 Å². The standard InChI is InChI=1S/C17H27NO/c1-17(2,3)16-8-10-18(11-9-16)12-14-4-6-15(13-19)7-5-14/h4-7,16,19H,8-13H2,1-3H3. The van der Waals surface area contributed by atoms with Crippen molar-refractivity contribution < 1.29 is 5.11 Å². The SMILES string of the molecule is CC(C)(C)C1CCN(Cc2ccc(CO)cc2)CC1. The topological polar surface area (TPSA) is 23.5 Å². The van der Waals surface area contributed by atoms with E-state index in [0.717, 1.165) is 18.0 Å². The molecular formula is C17H27NO. The Bertz CT molecular complexity index is 383. The van der Waals surface area contributed by atoms with Gasteiger partial charge in [0.05, 0.1) is 6.61 Å². The van der Waals surface area contributed by atoms with Gasteiger partial charge >= 0.3 is 0 Å². The minimum absolute atomic E-state index is 0.136. The molecular weight excluding hydrogens is 234 g/mol. The van der Waals surface area contributed by atoms with Gasteiger partial charge < -0.3 is 5.11 Å². The van der Waals surface area contributed by atoms with Gasteiger partial charge in [-0.1, -0.05) is 45.0 Å². The van der Waals surface area contributed by atoms with Crippen molar-refractivity contribution in [3.63, 3.8) is 0 Å². The second kappa shape index (κ2) is 6.06. The zero-order valence-electron chi connectivity index (χ0n) is 12.5. The molecule has 1 fully saturated rings. The highest BCUT2D eigenvalue weighted by Crippen LogP contribution is 2.34. The van der Waals surface area contributed by atoms with Crippen LogP contribution in [0.3, 0.4) is 0 Å². The quantitative estimate of drug-likeness (QED) is 0.901. The normalized spacial score (nSPS) is 18.7. The summed E-state index contributed by atoms with van der Waals surface area (Å²) in [4.78, 5) is 2.55. The number of hydrogen-bond donors (Lipinski definition) is 1. The second-order valence-electron chi connectivity index (χ2n) is 6.89. The molecule has 0 radical (unpaired) electrons. The van der Waals surface area contributed by atoms with Gasteiger partial charge in [-0.05, 0) is 48.4 Å². The molecule has 0 aliphatic carbocycles. The highest BCUT2D eigenvalue weighted by atomic mass is 16.3. The maximum atomic E-state index is 9.04. The summed E-state index contributed by atoms with van der Waals surface area (Å²) in [5, 5.41) is 9.04. The summed E-state index contributed by atoms with van der Waals surface area (Å²) in [7, 11) is 0. The van der Waals surface area contributed by atoms with Crippen molar-refractivity contribution >= 4 is 0 Å². The van der Waals surface area contributed by atoms with Gasteiger partial charge in [0.15, 0.2) is 0 Å². The molecule has 19 heavy (non-hydrogen) atoms. The molecule has 0 spiro atoms. The lowest BCUT2D eigenvalue weighted by Crippen LogP contribution is -2.37. The molecule has 106 valence electrons. The van der Waals surface area contributed by atoms with Crippen LogP contribution in [0.1, 0.15) is 44.7 Å². The van der Waals surface area contributed by atoms with Crippen LogP contribution in [-0.4, -0.2) is 23.1 Å². The van der Waals surface area contributed by atoms with Crippen molar-refractivity contribution in [2.75, 3.05) is 13.1 Å². The van der Waals surface area contributed by atoms with Gasteiger partial charge in [-0.25, -0.2) is 0 Å². The van der Waals surface area contributed by atoms with Gasteiger partial charge in [0.25, 0.3) is 0 Å². The fraction of sp³-hybridized carbons (Fsp3) is 0.647. The van der Waals surface area contributed by atoms with E-state index in [-0.39, 0.29) is 6.61 Å². The van der Waals surface area contributed by atoms with Crippen LogP contribution in [0.2, 0.25) is 0 Å². The summed E-state index contributed by atoms with van der Waals surface area (Å²) in [6.45, 7) is 10.7. The first-order valence-corrected chi connectivity index (χ1v) is 7.40. The summed E-state index contributed by atoms with van der Waals surface area (Å²) >= 11 is 0. The van der Waals surface area contributed by atoms with E-state index in [1.807, 2.05) is 12.1 Å². The highest BCUT2D eigenvalue weighted by Gasteiger charge is 2.28. The van der Waals surface area contributed by atoms with Crippen molar-refractivity contribution in [3.05, 3.63) is 35.4 Å². The first-order chi connectivity index (χ1) is 8.99. The summed E-state index contributed by atoms with van der Waals surface area (Å²) in [6.07, 6.45) is 2.64. The number of benzene rings is 1. The third kappa shape index (κ3) is 4.05. The fourth-order valence-corrected chi connectivity index (χ4v) is 2.97. The average Bonchev–Trinajstić information content (AvgIpc) is 2.39. The number of likely N-dealkylation sites (tertiary alicyclic amines) is 1. The molecule has 0 bridgehead atoms. The zero-order valence-corrected chi connectivity index (χ0v) is 12.5. The lowest BCUT2D eigenvalue weighted by molar-refractivity contribution is 0.108. The van der Waals surface area contributed by atoms with Crippen LogP contribution >= 0.6 is 0 Å². The number of rotatable bonds is 3. The molecule has 2 rings (SSSR count). The molecule has 1 N–H and O–H groups in total. The molecule has 0 saturated carbocycles. The van der Waals surface area contributed by atoms with E-state index in [1.54, 1.807) is 0 Å². The summed E-state index contributed by atoms with van der Waals surface area (Å²) in [6, 6.07) is 8.33. The van der Waals surface area contributed by atoms with Crippen LogP contribution in [-0.2, 0) is 13.2 Å². The Morgan fingerprint density at radius 1 is 1.05 bits per heavy atom. The van der Waals surface area contributed by atoms with Crippen LogP contribution in [0.15, 0.2) is 24.3 Å². The van der Waals surface area contributed by atoms with Gasteiger partial charge in [-0.15, -0.1) is 0 Å². The Labute approximate surface area is 117 Å². The van der Waals surface area contributed by atoms with E-state index in [9.17, 15) is 0 Å². The van der Waals surface area contributed by atoms with E-state index in [1.165, 1.54) is 31.5 Å². The smallest absolute Gasteiger partial charge is 0.0681 e. The van der Waals surface area contributed by atoms with E-state index in [4.69, 9.17) is 5.11 Å². The number of piperidine rings is 1. The predicted molar refractivity (Wildman–Crippen MR) is 79.8 cm³/mol. The summed E-state index contributed by atoms with van der Waals surface area (Å²) in [5.41, 5.74) is 2.80. The van der Waals surface area contributed by atoms with Crippen LogP contribution in [0, 0.1) is 11.3 Å². The lowest BCUT2D eigenvalue weighted by Gasteiger charge is -2.38. The Morgan fingerprint density at radius 2 is 1.58 bits per heavy atom. The first kappa shape index (κ1) is 14.5. The first-order valence-electron chi connectivity index (χ1n) is 7.40. The van der Waals surface area contributed by atoms with Crippen molar-refractivity contribution in [3.8, 4) is 0 Å². The number of hydrogen-bond acceptors (Lipinski definition) is 2. The largest absolute Gasteiger partial charge is 0.392 e. The number of nitrogens with zero attached hydrogens (tertiary/aromatic N) is 1. The molecule has 2 heteroatoms. The Balaban J connectivity index is 1.85. The van der Waals surface area contributed by atoms with Crippen molar-refractivity contribution in [1.29, 1.82) is 0 Å². The van der Waals surface area contributed by atoms with E-state index >= 15 is 0 Å². The number of aliphatic hydroxyl groups is 1. The molecule has 0 atom stereocenters. The molecule has 1 aromatic rings. The molecule has 0 aromatic heterocycles. The molecule has 2 nitrogen and oxygen atoms in total. The van der Waals surface area contributed by atoms with Gasteiger partial charge in [-0.2, -0.15) is 0 Å². The highest BCUT2D eigenvalue weighted by molar-refractivity contribution is 5.21. The Morgan fingerprint density at radius 3 is 2.05 bits per heavy atom. The second-order valence-corrected chi connectivity index (χ2v) is 6.89. The minimum Gasteiger partial charge on any atom is -0.392 e. The molecule has 1 aliphatic rings. The molecule has 1 aromatic carbocycles. The summed E-state index contributed by atoms with van der Waals surface area (Å²) in [5.74, 6) is 0.862. The monoisotopic (exact) mass is 261 g/mol. The Hall–Kier alpha value is -0.860. The lowest BCUT2D eigenvalue weighted by atomic mass is 9.75. The molecule has 1 aliphatic heterocycles. The molecule has 1 heterocycles. The third-order valence-corrected chi connectivity index (χ3v) is 4.42. The van der Waals surface area contributed by atoms with Gasteiger partial charge in [0.1, 0.15) is 0 Å². The van der Waals surface area contributed by atoms with Gasteiger partial charge in [0.2, 0.25) is 0 Å². The maximum absolute atomic E-state index is 9.04. The van der Waals surface area contributed by atoms with E-state index < -0.39 is 0 Å². The van der Waals surface area contributed by atoms with Crippen LogP contribution < -0.4 is 0 Å². The molecule has 1 saturated heterocycles. The summed E-state index contributed by atoms with van der Waals surface area (Å²) < 4.78 is 0. The van der Waals surface area contributed by atoms with Gasteiger partial charge in [0, 0.05) is 6.54 Å².